The maximum Gasteiger partial charge on any atom is 0.258 e. The van der Waals surface area contributed by atoms with Crippen LogP contribution in [0.2, 0.25) is 0 Å². The Balaban J connectivity index is 1.69. The molecule has 0 unspecified atom stereocenters. The van der Waals surface area contributed by atoms with Gasteiger partial charge in [-0.1, -0.05) is 23.4 Å². The van der Waals surface area contributed by atoms with E-state index in [2.05, 4.69) is 33.7 Å². The molecule has 0 radical (unpaired) electrons. The number of hydrogen-bond donors (Lipinski definition) is 1. The first kappa shape index (κ1) is 14.9. The fourth-order valence-electron chi connectivity index (χ4n) is 3.09. The molecule has 2 heterocycles. The fourth-order valence-corrected chi connectivity index (χ4v) is 3.09. The second-order valence-electron chi connectivity index (χ2n) is 5.86. The van der Waals surface area contributed by atoms with Crippen LogP contribution in [0.5, 0.6) is 5.75 Å². The second-order valence-corrected chi connectivity index (χ2v) is 5.86. The van der Waals surface area contributed by atoms with Crippen LogP contribution in [0.4, 0.5) is 0 Å². The number of rotatable bonds is 3. The van der Waals surface area contributed by atoms with Gasteiger partial charge in [0.2, 0.25) is 5.82 Å². The molecule has 5 nitrogen and oxygen atoms in total. The molecule has 0 amide bonds. The summed E-state index contributed by atoms with van der Waals surface area (Å²) in [6.07, 6.45) is 2.09. The largest absolute Gasteiger partial charge is 0.496 e. The second kappa shape index (κ2) is 6.45. The van der Waals surface area contributed by atoms with Crippen molar-refractivity contribution in [3.63, 3.8) is 0 Å². The summed E-state index contributed by atoms with van der Waals surface area (Å²) in [5.41, 5.74) is 4.54. The number of nitrogens with one attached hydrogen (secondary N) is 1. The molecule has 1 aliphatic heterocycles. The van der Waals surface area contributed by atoms with Gasteiger partial charge in [-0.2, -0.15) is 4.98 Å². The fraction of sp³-hybridized carbons (Fsp3) is 0.263. The first-order valence-corrected chi connectivity index (χ1v) is 8.15. The van der Waals surface area contributed by atoms with Crippen molar-refractivity contribution in [2.24, 2.45) is 0 Å². The van der Waals surface area contributed by atoms with E-state index in [9.17, 15) is 0 Å². The lowest BCUT2D eigenvalue weighted by molar-refractivity contribution is 0.413. The summed E-state index contributed by atoms with van der Waals surface area (Å²) in [4.78, 5) is 4.56. The van der Waals surface area contributed by atoms with Crippen molar-refractivity contribution < 1.29 is 9.26 Å². The van der Waals surface area contributed by atoms with Gasteiger partial charge in [-0.3, -0.25) is 0 Å². The maximum absolute atomic E-state index is 5.49. The Hall–Kier alpha value is -2.66. The van der Waals surface area contributed by atoms with Crippen molar-refractivity contribution in [3.8, 4) is 28.6 Å². The molecule has 0 saturated carbocycles. The molecular weight excluding hydrogens is 302 g/mol. The van der Waals surface area contributed by atoms with Crippen molar-refractivity contribution in [3.05, 3.63) is 53.6 Å². The Kier molecular flexibility index (Phi) is 4.01. The molecule has 24 heavy (non-hydrogen) atoms. The maximum atomic E-state index is 5.49. The summed E-state index contributed by atoms with van der Waals surface area (Å²) >= 11 is 0. The van der Waals surface area contributed by atoms with Crippen molar-refractivity contribution in [2.75, 3.05) is 20.2 Å². The number of nitrogens with zero attached hydrogens (tertiary/aromatic N) is 2. The number of hydrogen-bond acceptors (Lipinski definition) is 5. The number of methoxy groups -OCH3 is 1. The van der Waals surface area contributed by atoms with Gasteiger partial charge in [-0.05, 0) is 61.3 Å². The highest BCUT2D eigenvalue weighted by Gasteiger charge is 2.16. The molecule has 5 heteroatoms. The van der Waals surface area contributed by atoms with Crippen LogP contribution in [0.15, 0.2) is 47.0 Å². The predicted molar refractivity (Wildman–Crippen MR) is 92.0 cm³/mol. The lowest BCUT2D eigenvalue weighted by atomic mass is 10.00. The zero-order valence-corrected chi connectivity index (χ0v) is 13.6. The van der Waals surface area contributed by atoms with Crippen LogP contribution in [-0.4, -0.2) is 30.3 Å². The molecule has 3 aromatic rings. The number of ether oxygens (including phenoxy) is 1. The minimum Gasteiger partial charge on any atom is -0.496 e. The highest BCUT2D eigenvalue weighted by molar-refractivity contribution is 5.66. The topological polar surface area (TPSA) is 60.2 Å². The van der Waals surface area contributed by atoms with Crippen molar-refractivity contribution in [1.29, 1.82) is 0 Å². The van der Waals surface area contributed by atoms with Gasteiger partial charge in [-0.25, -0.2) is 0 Å². The van der Waals surface area contributed by atoms with Gasteiger partial charge >= 0.3 is 0 Å². The van der Waals surface area contributed by atoms with Crippen molar-refractivity contribution >= 4 is 0 Å². The first-order chi connectivity index (χ1) is 11.8. The zero-order valence-electron chi connectivity index (χ0n) is 13.6. The van der Waals surface area contributed by atoms with Crippen LogP contribution < -0.4 is 10.1 Å². The molecule has 0 atom stereocenters. The molecule has 4 rings (SSSR count). The van der Waals surface area contributed by atoms with Gasteiger partial charge in [0, 0.05) is 5.56 Å². The molecule has 1 aliphatic rings. The van der Waals surface area contributed by atoms with Gasteiger partial charge < -0.3 is 14.6 Å². The van der Waals surface area contributed by atoms with Gasteiger partial charge in [0.25, 0.3) is 5.89 Å². The van der Waals surface area contributed by atoms with E-state index in [-0.39, 0.29) is 0 Å². The third kappa shape index (κ3) is 2.78. The van der Waals surface area contributed by atoms with Crippen LogP contribution >= 0.6 is 0 Å². The van der Waals surface area contributed by atoms with Gasteiger partial charge in [0.1, 0.15) is 5.75 Å². The average molecular weight is 321 g/mol. The standard InChI is InChI=1S/C19H19N3O2/c1-23-17-5-3-2-4-16(17)18-21-19(24-22-18)15-7-6-13-8-10-20-11-9-14(13)12-15/h2-7,12,20H,8-11H2,1H3. The summed E-state index contributed by atoms with van der Waals surface area (Å²) < 4.78 is 10.9. The van der Waals surface area contributed by atoms with Crippen molar-refractivity contribution in [2.45, 2.75) is 12.8 Å². The highest BCUT2D eigenvalue weighted by atomic mass is 16.5. The van der Waals surface area contributed by atoms with E-state index in [1.807, 2.05) is 24.3 Å². The molecular formula is C19H19N3O2. The SMILES string of the molecule is COc1ccccc1-c1noc(-c2ccc3c(c2)CCNCC3)n1. The van der Waals surface area contributed by atoms with E-state index in [0.29, 0.717) is 11.7 Å². The number of fused-ring (bicyclic) bond motifs is 1. The predicted octanol–water partition coefficient (Wildman–Crippen LogP) is 3.10. The average Bonchev–Trinajstić information content (AvgIpc) is 3.00. The molecule has 122 valence electrons. The highest BCUT2D eigenvalue weighted by Crippen LogP contribution is 2.30. The Bertz CT molecular complexity index is 857. The summed E-state index contributed by atoms with van der Waals surface area (Å²) in [6.45, 7) is 2.04. The lowest BCUT2D eigenvalue weighted by Crippen LogP contribution is -2.16. The molecule has 0 saturated heterocycles. The Morgan fingerprint density at radius 2 is 1.88 bits per heavy atom. The molecule has 0 aliphatic carbocycles. The van der Waals surface area contributed by atoms with E-state index in [1.54, 1.807) is 7.11 Å². The summed E-state index contributed by atoms with van der Waals surface area (Å²) in [6, 6.07) is 14.1. The quantitative estimate of drug-likeness (QED) is 0.803. The van der Waals surface area contributed by atoms with Crippen LogP contribution in [0.25, 0.3) is 22.8 Å². The molecule has 1 aromatic heterocycles. The lowest BCUT2D eigenvalue weighted by Gasteiger charge is -2.06. The minimum atomic E-state index is 0.538. The van der Waals surface area contributed by atoms with E-state index in [1.165, 1.54) is 11.1 Å². The van der Waals surface area contributed by atoms with E-state index in [0.717, 1.165) is 42.8 Å². The minimum absolute atomic E-state index is 0.538. The molecule has 0 spiro atoms. The van der Waals surface area contributed by atoms with Crippen LogP contribution in [-0.2, 0) is 12.8 Å². The van der Waals surface area contributed by atoms with Gasteiger partial charge in [0.05, 0.1) is 12.7 Å². The number of aromatic nitrogens is 2. The third-order valence-electron chi connectivity index (χ3n) is 4.37. The van der Waals surface area contributed by atoms with Crippen LogP contribution in [0.1, 0.15) is 11.1 Å². The Labute approximate surface area is 140 Å². The third-order valence-corrected chi connectivity index (χ3v) is 4.37. The summed E-state index contributed by atoms with van der Waals surface area (Å²) in [7, 11) is 1.64. The van der Waals surface area contributed by atoms with Crippen LogP contribution in [0, 0.1) is 0 Å². The van der Waals surface area contributed by atoms with E-state index >= 15 is 0 Å². The van der Waals surface area contributed by atoms with Crippen molar-refractivity contribution in [1.82, 2.24) is 15.5 Å². The normalized spacial score (nSPS) is 14.0. The number of benzene rings is 2. The summed E-state index contributed by atoms with van der Waals surface area (Å²) in [5.74, 6) is 1.81. The molecule has 0 bridgehead atoms. The molecule has 1 N–H and O–H groups in total. The van der Waals surface area contributed by atoms with E-state index < -0.39 is 0 Å². The smallest absolute Gasteiger partial charge is 0.258 e. The first-order valence-electron chi connectivity index (χ1n) is 8.15. The Morgan fingerprint density at radius 3 is 2.75 bits per heavy atom. The molecule has 2 aromatic carbocycles. The Morgan fingerprint density at radius 1 is 1.04 bits per heavy atom. The number of para-hydroxylation sites is 1. The van der Waals surface area contributed by atoms with E-state index in [4.69, 9.17) is 9.26 Å². The zero-order chi connectivity index (χ0) is 16.4. The monoisotopic (exact) mass is 321 g/mol. The van der Waals surface area contributed by atoms with Gasteiger partial charge in [0.15, 0.2) is 0 Å². The molecule has 0 fully saturated rings. The summed E-state index contributed by atoms with van der Waals surface area (Å²) in [5, 5.41) is 7.55. The van der Waals surface area contributed by atoms with Crippen LogP contribution in [0.3, 0.4) is 0 Å². The van der Waals surface area contributed by atoms with Gasteiger partial charge in [-0.15, -0.1) is 0 Å².